The molecule has 190 valence electrons. The van der Waals surface area contributed by atoms with E-state index in [2.05, 4.69) is 16.0 Å². The Balaban J connectivity index is 2.13. The van der Waals surface area contributed by atoms with Crippen molar-refractivity contribution in [2.24, 2.45) is 11.7 Å². The van der Waals surface area contributed by atoms with Gasteiger partial charge in [0.2, 0.25) is 11.8 Å². The van der Waals surface area contributed by atoms with Gasteiger partial charge in [-0.1, -0.05) is 26.0 Å². The highest BCUT2D eigenvalue weighted by Crippen LogP contribution is 2.30. The number of likely N-dealkylation sites (N-methyl/N-ethyl adjacent to an activating group) is 1. The van der Waals surface area contributed by atoms with Crippen LogP contribution in [0, 0.1) is 5.92 Å². The van der Waals surface area contributed by atoms with Crippen molar-refractivity contribution < 1.29 is 34.8 Å². The Kier molecular flexibility index (Phi) is 9.39. The number of amides is 3. The summed E-state index contributed by atoms with van der Waals surface area (Å²) in [6, 6.07) is 3.15. The number of carbonyl (C=O) groups excluding carboxylic acids is 3. The first-order valence-corrected chi connectivity index (χ1v) is 11.3. The van der Waals surface area contributed by atoms with Gasteiger partial charge in [0.05, 0.1) is 18.2 Å². The molecule has 1 aromatic rings. The van der Waals surface area contributed by atoms with Crippen LogP contribution in [0.1, 0.15) is 38.7 Å². The predicted octanol–water partition coefficient (Wildman–Crippen LogP) is -1.73. The number of phenols is 1. The third-order valence-corrected chi connectivity index (χ3v) is 6.06. The lowest BCUT2D eigenvalue weighted by Crippen LogP contribution is -2.65. The summed E-state index contributed by atoms with van der Waals surface area (Å²) in [5.74, 6) is -1.97. The zero-order valence-corrected chi connectivity index (χ0v) is 19.7. The molecule has 1 aliphatic carbocycles. The summed E-state index contributed by atoms with van der Waals surface area (Å²) in [5, 5.41) is 49.1. The SMILES string of the molecule is CNC(CC(C)C)C(=O)NC1CC(O)(C(=O)NC(Cc2ccc(O)cc2)C(N)=O)CC(O)C1O. The molecule has 11 heteroatoms. The van der Waals surface area contributed by atoms with Crippen molar-refractivity contribution in [3.63, 3.8) is 0 Å². The molecule has 6 unspecified atom stereocenters. The molecule has 1 saturated carbocycles. The molecule has 1 aliphatic rings. The van der Waals surface area contributed by atoms with Crippen molar-refractivity contribution >= 4 is 17.7 Å². The van der Waals surface area contributed by atoms with E-state index in [-0.39, 0.29) is 24.5 Å². The van der Waals surface area contributed by atoms with E-state index in [0.717, 1.165) is 0 Å². The first-order valence-electron chi connectivity index (χ1n) is 11.3. The summed E-state index contributed by atoms with van der Waals surface area (Å²) in [7, 11) is 1.63. The van der Waals surface area contributed by atoms with Crippen LogP contribution in [-0.4, -0.2) is 81.1 Å². The first-order chi connectivity index (χ1) is 15.9. The van der Waals surface area contributed by atoms with E-state index in [4.69, 9.17) is 5.73 Å². The van der Waals surface area contributed by atoms with Crippen LogP contribution in [0.15, 0.2) is 24.3 Å². The van der Waals surface area contributed by atoms with Crippen LogP contribution < -0.4 is 21.7 Å². The summed E-state index contributed by atoms with van der Waals surface area (Å²) in [4.78, 5) is 37.6. The van der Waals surface area contributed by atoms with Crippen LogP contribution in [0.2, 0.25) is 0 Å². The number of nitrogens with one attached hydrogen (secondary N) is 3. The number of rotatable bonds is 10. The maximum absolute atomic E-state index is 13.0. The Morgan fingerprint density at radius 1 is 1.12 bits per heavy atom. The van der Waals surface area contributed by atoms with E-state index < -0.39 is 60.1 Å². The lowest BCUT2D eigenvalue weighted by molar-refractivity contribution is -0.160. The predicted molar refractivity (Wildman–Crippen MR) is 123 cm³/mol. The minimum absolute atomic E-state index is 0.0157. The molecular formula is C23H36N4O7. The largest absolute Gasteiger partial charge is 0.508 e. The average Bonchev–Trinajstić information content (AvgIpc) is 2.76. The number of aliphatic hydroxyl groups excluding tert-OH is 2. The zero-order valence-electron chi connectivity index (χ0n) is 19.7. The molecule has 3 amide bonds. The van der Waals surface area contributed by atoms with E-state index in [1.54, 1.807) is 19.2 Å². The van der Waals surface area contributed by atoms with Crippen LogP contribution in [0.4, 0.5) is 0 Å². The van der Waals surface area contributed by atoms with Gasteiger partial charge in [0.25, 0.3) is 5.91 Å². The Labute approximate surface area is 198 Å². The molecule has 6 atom stereocenters. The topological polar surface area (TPSA) is 194 Å². The fraction of sp³-hybridized carbons (Fsp3) is 0.609. The molecule has 34 heavy (non-hydrogen) atoms. The number of hydrogen-bond acceptors (Lipinski definition) is 8. The van der Waals surface area contributed by atoms with E-state index in [1.165, 1.54) is 12.1 Å². The smallest absolute Gasteiger partial charge is 0.252 e. The molecule has 11 nitrogen and oxygen atoms in total. The Morgan fingerprint density at radius 2 is 1.74 bits per heavy atom. The van der Waals surface area contributed by atoms with Crippen LogP contribution >= 0.6 is 0 Å². The van der Waals surface area contributed by atoms with Crippen LogP contribution in [0.5, 0.6) is 5.75 Å². The van der Waals surface area contributed by atoms with Gasteiger partial charge in [-0.15, -0.1) is 0 Å². The minimum Gasteiger partial charge on any atom is -0.508 e. The van der Waals surface area contributed by atoms with Crippen LogP contribution in [0.3, 0.4) is 0 Å². The highest BCUT2D eigenvalue weighted by Gasteiger charge is 2.50. The zero-order chi connectivity index (χ0) is 25.6. The molecule has 0 saturated heterocycles. The molecule has 0 heterocycles. The van der Waals surface area contributed by atoms with Gasteiger partial charge in [0.15, 0.2) is 0 Å². The van der Waals surface area contributed by atoms with Gasteiger partial charge >= 0.3 is 0 Å². The second-order valence-electron chi connectivity index (χ2n) is 9.38. The molecule has 2 rings (SSSR count). The number of primary amides is 1. The van der Waals surface area contributed by atoms with E-state index in [9.17, 15) is 34.8 Å². The summed E-state index contributed by atoms with van der Waals surface area (Å²) < 4.78 is 0. The van der Waals surface area contributed by atoms with Crippen molar-refractivity contribution in [1.29, 1.82) is 0 Å². The van der Waals surface area contributed by atoms with Crippen molar-refractivity contribution in [2.45, 2.75) is 75.5 Å². The van der Waals surface area contributed by atoms with Crippen molar-refractivity contribution in [2.75, 3.05) is 7.05 Å². The van der Waals surface area contributed by atoms with Gasteiger partial charge in [-0.3, -0.25) is 14.4 Å². The summed E-state index contributed by atoms with van der Waals surface area (Å²) >= 11 is 0. The Hall–Kier alpha value is -2.73. The van der Waals surface area contributed by atoms with Gasteiger partial charge in [-0.2, -0.15) is 0 Å². The molecule has 1 aromatic carbocycles. The third kappa shape index (κ3) is 7.13. The first kappa shape index (κ1) is 27.5. The summed E-state index contributed by atoms with van der Waals surface area (Å²) in [6.07, 6.45) is -3.20. The number of aromatic hydroxyl groups is 1. The maximum Gasteiger partial charge on any atom is 0.252 e. The average molecular weight is 481 g/mol. The Morgan fingerprint density at radius 3 is 2.26 bits per heavy atom. The molecule has 0 radical (unpaired) electrons. The molecule has 0 spiro atoms. The summed E-state index contributed by atoms with van der Waals surface area (Å²) in [6.45, 7) is 3.90. The lowest BCUT2D eigenvalue weighted by atomic mass is 9.77. The normalized spacial score (nSPS) is 26.5. The quantitative estimate of drug-likeness (QED) is 0.193. The van der Waals surface area contributed by atoms with Crippen LogP contribution in [0.25, 0.3) is 0 Å². The number of hydrogen-bond donors (Lipinski definition) is 8. The van der Waals surface area contributed by atoms with Crippen LogP contribution in [-0.2, 0) is 20.8 Å². The summed E-state index contributed by atoms with van der Waals surface area (Å²) in [5.41, 5.74) is 3.88. The fourth-order valence-electron chi connectivity index (χ4n) is 4.12. The van der Waals surface area contributed by atoms with Crippen molar-refractivity contribution in [3.05, 3.63) is 29.8 Å². The second kappa shape index (κ2) is 11.6. The van der Waals surface area contributed by atoms with Gasteiger partial charge < -0.3 is 42.1 Å². The number of carbonyl (C=O) groups is 3. The van der Waals surface area contributed by atoms with E-state index >= 15 is 0 Å². The molecule has 0 bridgehead atoms. The number of benzene rings is 1. The molecule has 0 aliphatic heterocycles. The standard InChI is InChI=1S/C23H36N4O7/c1-12(2)8-16(25-3)21(32)26-17-10-23(34,11-18(29)19(17)30)22(33)27-15(20(24)31)9-13-4-6-14(28)7-5-13/h4-7,12,15-19,25,28-30,34H,8-11H2,1-3H3,(H2,24,31)(H,26,32)(H,27,33). The van der Waals surface area contributed by atoms with Gasteiger partial charge in [-0.05, 0) is 37.1 Å². The molecule has 0 aromatic heterocycles. The fourth-order valence-corrected chi connectivity index (χ4v) is 4.12. The highest BCUT2D eigenvalue weighted by molar-refractivity contribution is 5.91. The number of phenolic OH excluding ortho intramolecular Hbond substituents is 1. The molecule has 1 fully saturated rings. The van der Waals surface area contributed by atoms with Gasteiger partial charge in [-0.25, -0.2) is 0 Å². The second-order valence-corrected chi connectivity index (χ2v) is 9.38. The number of nitrogens with two attached hydrogens (primary N) is 1. The van der Waals surface area contributed by atoms with Crippen molar-refractivity contribution in [3.8, 4) is 5.75 Å². The van der Waals surface area contributed by atoms with E-state index in [1.807, 2.05) is 13.8 Å². The van der Waals surface area contributed by atoms with Gasteiger partial charge in [0, 0.05) is 19.3 Å². The molecule has 9 N–H and O–H groups in total. The minimum atomic E-state index is -2.16. The monoisotopic (exact) mass is 480 g/mol. The lowest BCUT2D eigenvalue weighted by Gasteiger charge is -2.42. The number of aliphatic hydroxyl groups is 3. The molecular weight excluding hydrogens is 444 g/mol. The highest BCUT2D eigenvalue weighted by atomic mass is 16.3. The third-order valence-electron chi connectivity index (χ3n) is 6.06. The maximum atomic E-state index is 13.0. The van der Waals surface area contributed by atoms with Crippen molar-refractivity contribution in [1.82, 2.24) is 16.0 Å². The van der Waals surface area contributed by atoms with Gasteiger partial charge in [0.1, 0.15) is 23.5 Å². The van der Waals surface area contributed by atoms with E-state index in [0.29, 0.717) is 12.0 Å². The Bertz CT molecular complexity index is 863.